The smallest absolute Gasteiger partial charge is 0.230 e. The molecule has 1 aromatic carbocycles. The molecule has 1 fully saturated rings. The molecular weight excluding hydrogens is 450 g/mol. The van der Waals surface area contributed by atoms with Gasteiger partial charge in [0, 0.05) is 31.0 Å². The number of nitrogens with zero attached hydrogens (tertiary/aromatic N) is 5. The van der Waals surface area contributed by atoms with Crippen LogP contribution in [0.1, 0.15) is 43.5 Å². The fraction of sp³-hybridized carbons (Fsp3) is 0.381. The Kier molecular flexibility index (Phi) is 6.40. The number of thioether (sulfide) groups is 1. The summed E-state index contributed by atoms with van der Waals surface area (Å²) in [5.41, 5.74) is 3.92. The topological polar surface area (TPSA) is 79.3 Å². The molecule has 10 heteroatoms. The lowest BCUT2D eigenvalue weighted by molar-refractivity contribution is -0.117. The number of benzene rings is 1. The maximum absolute atomic E-state index is 12.4. The van der Waals surface area contributed by atoms with Crippen LogP contribution < -0.4 is 9.80 Å². The van der Waals surface area contributed by atoms with E-state index in [0.29, 0.717) is 16.0 Å². The molecule has 0 saturated heterocycles. The summed E-state index contributed by atoms with van der Waals surface area (Å²) >= 11 is 4.42. The zero-order valence-corrected chi connectivity index (χ0v) is 20.2. The molecule has 0 radical (unpaired) electrons. The summed E-state index contributed by atoms with van der Waals surface area (Å²) in [5, 5.41) is 11.7. The van der Waals surface area contributed by atoms with Gasteiger partial charge in [0.1, 0.15) is 0 Å². The number of anilines is 3. The second-order valence-corrected chi connectivity index (χ2v) is 10.5. The van der Waals surface area contributed by atoms with Crippen LogP contribution in [0.5, 0.6) is 0 Å². The second-order valence-electron chi connectivity index (χ2n) is 7.53. The van der Waals surface area contributed by atoms with Crippen LogP contribution in [0.3, 0.4) is 0 Å². The lowest BCUT2D eigenvalue weighted by Gasteiger charge is -2.20. The molecule has 1 aliphatic carbocycles. The van der Waals surface area contributed by atoms with E-state index >= 15 is 0 Å². The predicted molar refractivity (Wildman–Crippen MR) is 127 cm³/mol. The number of carbonyl (C=O) groups is 2. The number of rotatable bonds is 7. The van der Waals surface area contributed by atoms with Crippen LogP contribution in [0.4, 0.5) is 16.0 Å². The predicted octanol–water partition coefficient (Wildman–Crippen LogP) is 5.10. The lowest BCUT2D eigenvalue weighted by atomic mass is 10.1. The Morgan fingerprint density at radius 2 is 1.90 bits per heavy atom. The highest BCUT2D eigenvalue weighted by atomic mass is 32.2. The Bertz CT molecular complexity index is 1120. The number of aromatic nitrogens is 3. The van der Waals surface area contributed by atoms with E-state index in [1.165, 1.54) is 34.4 Å². The van der Waals surface area contributed by atoms with Crippen LogP contribution in [-0.4, -0.2) is 33.0 Å². The molecule has 1 aliphatic rings. The number of hydrogen-bond donors (Lipinski definition) is 0. The Hall–Kier alpha value is -2.30. The number of thiazole rings is 1. The maximum atomic E-state index is 12.4. The molecule has 0 spiro atoms. The molecule has 2 aromatic heterocycles. The van der Waals surface area contributed by atoms with E-state index in [2.05, 4.69) is 21.2 Å². The molecule has 162 valence electrons. The highest BCUT2D eigenvalue weighted by molar-refractivity contribution is 8.00. The van der Waals surface area contributed by atoms with Gasteiger partial charge in [0.25, 0.3) is 0 Å². The summed E-state index contributed by atoms with van der Waals surface area (Å²) in [7, 11) is 0. The quantitative estimate of drug-likeness (QED) is 0.351. The maximum Gasteiger partial charge on any atom is 0.230 e. The highest BCUT2D eigenvalue weighted by Gasteiger charge is 2.34. The minimum Gasteiger partial charge on any atom is -0.284 e. The van der Waals surface area contributed by atoms with E-state index in [0.717, 1.165) is 39.7 Å². The first-order valence-corrected chi connectivity index (χ1v) is 12.6. The summed E-state index contributed by atoms with van der Waals surface area (Å²) in [6.45, 7) is 7.16. The van der Waals surface area contributed by atoms with Gasteiger partial charge in [0.2, 0.25) is 16.9 Å². The van der Waals surface area contributed by atoms with Crippen molar-refractivity contribution < 1.29 is 9.59 Å². The fourth-order valence-corrected chi connectivity index (χ4v) is 6.14. The summed E-state index contributed by atoms with van der Waals surface area (Å²) in [5.74, 6) is 0.557. The summed E-state index contributed by atoms with van der Waals surface area (Å²) < 4.78 is 0.800. The van der Waals surface area contributed by atoms with Gasteiger partial charge in [-0.1, -0.05) is 40.8 Å². The third-order valence-electron chi connectivity index (χ3n) is 4.84. The number of aryl methyl sites for hydroxylation is 2. The third kappa shape index (κ3) is 4.97. The monoisotopic (exact) mass is 473 g/mol. The Labute approximate surface area is 193 Å². The SMILES string of the molecule is CC(=O)N(c1nc(CSc2nnc(N(C(C)=O)C3CC3)s2)cs1)c1ccc(C)cc1C. The van der Waals surface area contributed by atoms with Crippen molar-refractivity contribution >= 4 is 62.2 Å². The fourth-order valence-electron chi connectivity index (χ4n) is 3.30. The molecule has 2 amide bonds. The minimum atomic E-state index is -0.0707. The van der Waals surface area contributed by atoms with Crippen LogP contribution >= 0.6 is 34.4 Å². The van der Waals surface area contributed by atoms with Gasteiger partial charge in [-0.05, 0) is 38.3 Å². The average molecular weight is 474 g/mol. The van der Waals surface area contributed by atoms with Crippen LogP contribution in [0.15, 0.2) is 27.9 Å². The largest absolute Gasteiger partial charge is 0.284 e. The zero-order chi connectivity index (χ0) is 22.1. The first kappa shape index (κ1) is 21.9. The number of carbonyl (C=O) groups excluding carboxylic acids is 2. The van der Waals surface area contributed by atoms with Crippen molar-refractivity contribution in [2.75, 3.05) is 9.80 Å². The molecule has 0 aliphatic heterocycles. The Morgan fingerprint density at radius 3 is 2.55 bits per heavy atom. The average Bonchev–Trinajstić information content (AvgIpc) is 3.22. The van der Waals surface area contributed by atoms with Crippen molar-refractivity contribution in [1.29, 1.82) is 0 Å². The normalized spacial score (nSPS) is 13.3. The first-order valence-electron chi connectivity index (χ1n) is 9.92. The van der Waals surface area contributed by atoms with Crippen molar-refractivity contribution in [1.82, 2.24) is 15.2 Å². The van der Waals surface area contributed by atoms with Crippen molar-refractivity contribution in [2.45, 2.75) is 56.7 Å². The van der Waals surface area contributed by atoms with E-state index in [1.807, 2.05) is 31.4 Å². The van der Waals surface area contributed by atoms with Gasteiger partial charge < -0.3 is 0 Å². The molecule has 4 rings (SSSR count). The van der Waals surface area contributed by atoms with E-state index in [4.69, 9.17) is 0 Å². The molecule has 0 unspecified atom stereocenters. The first-order chi connectivity index (χ1) is 14.8. The minimum absolute atomic E-state index is 0.00932. The molecule has 0 atom stereocenters. The molecule has 3 aromatic rings. The molecule has 7 nitrogen and oxygen atoms in total. The van der Waals surface area contributed by atoms with E-state index in [9.17, 15) is 9.59 Å². The summed E-state index contributed by atoms with van der Waals surface area (Å²) in [6, 6.07) is 6.30. The number of hydrogen-bond acceptors (Lipinski definition) is 8. The lowest BCUT2D eigenvalue weighted by Crippen LogP contribution is -2.30. The molecule has 31 heavy (non-hydrogen) atoms. The molecular formula is C21H23N5O2S3. The van der Waals surface area contributed by atoms with Crippen molar-refractivity contribution in [3.05, 3.63) is 40.4 Å². The molecule has 0 N–H and O–H groups in total. The number of amides is 2. The van der Waals surface area contributed by atoms with Crippen LogP contribution in [-0.2, 0) is 15.3 Å². The van der Waals surface area contributed by atoms with Crippen LogP contribution in [0, 0.1) is 13.8 Å². The summed E-state index contributed by atoms with van der Waals surface area (Å²) in [6.07, 6.45) is 2.05. The van der Waals surface area contributed by atoms with Gasteiger partial charge in [-0.15, -0.1) is 21.5 Å². The molecule has 1 saturated carbocycles. The van der Waals surface area contributed by atoms with E-state index < -0.39 is 0 Å². The van der Waals surface area contributed by atoms with E-state index in [1.54, 1.807) is 23.6 Å². The standard InChI is InChI=1S/C21H23N5O2S3/c1-12-5-8-18(13(2)9-12)26(15(4)28)19-22-16(10-29-19)11-30-21-24-23-20(31-21)25(14(3)27)17-6-7-17/h5,8-10,17H,6-7,11H2,1-4H3. The Morgan fingerprint density at radius 1 is 1.13 bits per heavy atom. The second kappa shape index (κ2) is 9.05. The van der Waals surface area contributed by atoms with Crippen LogP contribution in [0.2, 0.25) is 0 Å². The molecule has 0 bridgehead atoms. The van der Waals surface area contributed by atoms with Gasteiger partial charge in [-0.2, -0.15) is 0 Å². The van der Waals surface area contributed by atoms with Gasteiger partial charge in [-0.3, -0.25) is 19.4 Å². The van der Waals surface area contributed by atoms with Crippen molar-refractivity contribution in [2.24, 2.45) is 0 Å². The zero-order valence-electron chi connectivity index (χ0n) is 17.8. The van der Waals surface area contributed by atoms with Crippen molar-refractivity contribution in [3.8, 4) is 0 Å². The highest BCUT2D eigenvalue weighted by Crippen LogP contribution is 2.37. The van der Waals surface area contributed by atoms with E-state index in [-0.39, 0.29) is 17.9 Å². The third-order valence-corrected chi connectivity index (χ3v) is 7.80. The summed E-state index contributed by atoms with van der Waals surface area (Å²) in [4.78, 5) is 32.4. The van der Waals surface area contributed by atoms with Gasteiger partial charge >= 0.3 is 0 Å². The van der Waals surface area contributed by atoms with Gasteiger partial charge in [0.05, 0.1) is 11.4 Å². The molecule has 2 heterocycles. The van der Waals surface area contributed by atoms with Crippen molar-refractivity contribution in [3.63, 3.8) is 0 Å². The van der Waals surface area contributed by atoms with Gasteiger partial charge in [0.15, 0.2) is 9.47 Å². The van der Waals surface area contributed by atoms with Crippen LogP contribution in [0.25, 0.3) is 0 Å². The van der Waals surface area contributed by atoms with Gasteiger partial charge in [-0.25, -0.2) is 4.98 Å². The Balaban J connectivity index is 1.46.